The Morgan fingerprint density at radius 1 is 0.500 bits per heavy atom. The number of allylic oxidation sites excluding steroid dienone is 1. The van der Waals surface area contributed by atoms with E-state index in [1.165, 1.54) is 0 Å². The van der Waals surface area contributed by atoms with E-state index in [-0.39, 0.29) is 0 Å². The van der Waals surface area contributed by atoms with E-state index in [0.29, 0.717) is 45.7 Å². The smallest absolute Gasteiger partial charge is 0.374 e. The summed E-state index contributed by atoms with van der Waals surface area (Å²) < 4.78 is 47.9. The summed E-state index contributed by atoms with van der Waals surface area (Å²) in [5.74, 6) is 0. The summed E-state index contributed by atoms with van der Waals surface area (Å²) in [7, 11) is -2.72. The normalized spacial score (nSPS) is 11.6. The monoisotopic (exact) mass is 542 g/mol. The molecule has 0 spiro atoms. The van der Waals surface area contributed by atoms with Gasteiger partial charge in [0.2, 0.25) is 0 Å². The lowest BCUT2D eigenvalue weighted by Gasteiger charge is -2.27. The molecule has 0 heterocycles. The maximum absolute atomic E-state index is 5.57. The standard InChI is InChI=1S/C9H20O3Si.C8H18O3Si.C5H12O3Si/c1-5-9-13(10-6-2,11-7-3)12-8-4;1-5-9-12(8-4,10-6-2)11-7-3;1-5-9(6-2,7-3)8-4/h5H,1,6-9H2,2-4H3;8H,4-7H2,1-3H3;5H,1H2,2-4H3. The molecule has 0 amide bonds. The van der Waals surface area contributed by atoms with Crippen LogP contribution in [0.15, 0.2) is 37.2 Å². The topological polar surface area (TPSA) is 83.1 Å². The van der Waals surface area contributed by atoms with Gasteiger partial charge in [-0.1, -0.05) is 19.2 Å². The van der Waals surface area contributed by atoms with Crippen molar-refractivity contribution in [2.45, 2.75) is 47.6 Å². The Morgan fingerprint density at radius 3 is 0.941 bits per heavy atom. The van der Waals surface area contributed by atoms with E-state index in [4.69, 9.17) is 39.8 Å². The highest BCUT2D eigenvalue weighted by Gasteiger charge is 2.38. The number of rotatable bonds is 19. The van der Waals surface area contributed by atoms with Crippen LogP contribution >= 0.6 is 0 Å². The molecule has 0 radical (unpaired) electrons. The predicted octanol–water partition coefficient (Wildman–Crippen LogP) is 4.57. The second-order valence-electron chi connectivity index (χ2n) is 6.00. The van der Waals surface area contributed by atoms with Crippen LogP contribution in [0.25, 0.3) is 0 Å². The van der Waals surface area contributed by atoms with Gasteiger partial charge in [0, 0.05) is 67.0 Å². The van der Waals surface area contributed by atoms with Crippen molar-refractivity contribution < 1.29 is 39.8 Å². The first-order valence-electron chi connectivity index (χ1n) is 11.6. The average Bonchev–Trinajstić information content (AvgIpc) is 2.83. The second-order valence-corrected chi connectivity index (χ2v) is 14.0. The maximum atomic E-state index is 5.57. The van der Waals surface area contributed by atoms with Crippen molar-refractivity contribution in [3.63, 3.8) is 0 Å². The lowest BCUT2D eigenvalue weighted by molar-refractivity contribution is 0.0742. The van der Waals surface area contributed by atoms with Crippen LogP contribution in [0.2, 0.25) is 6.04 Å². The quantitative estimate of drug-likeness (QED) is 0.172. The first-order chi connectivity index (χ1) is 16.2. The fraction of sp³-hybridized carbons (Fsp3) is 0.727. The molecule has 0 fully saturated rings. The molecule has 0 aromatic heterocycles. The SMILES string of the molecule is C=CC[Si](OCC)(OCC)OCC.C=C[Si](OC)(OC)OC.C=C[Si](OCC)(OCC)OCC. The van der Waals surface area contributed by atoms with Gasteiger partial charge in [-0.25, -0.2) is 0 Å². The van der Waals surface area contributed by atoms with Crippen molar-refractivity contribution in [1.82, 2.24) is 0 Å². The lowest BCUT2D eigenvalue weighted by Crippen LogP contribution is -2.45. The van der Waals surface area contributed by atoms with Crippen LogP contribution < -0.4 is 0 Å². The molecule has 0 N–H and O–H groups in total. The average molecular weight is 543 g/mol. The fourth-order valence-electron chi connectivity index (χ4n) is 2.54. The minimum atomic E-state index is -2.51. The van der Waals surface area contributed by atoms with Crippen LogP contribution in [0.1, 0.15) is 41.5 Å². The third-order valence-corrected chi connectivity index (χ3v) is 11.6. The molecule has 0 rings (SSSR count). The van der Waals surface area contributed by atoms with Crippen molar-refractivity contribution in [1.29, 1.82) is 0 Å². The van der Waals surface area contributed by atoms with Gasteiger partial charge in [-0.3, -0.25) is 0 Å². The fourth-order valence-corrected chi connectivity index (χ4v) is 7.63. The Bertz CT molecular complexity index is 450. The zero-order valence-corrected chi connectivity index (χ0v) is 26.0. The number of hydrogen-bond donors (Lipinski definition) is 0. The minimum absolute atomic E-state index is 0.595. The van der Waals surface area contributed by atoms with Gasteiger partial charge in [0.05, 0.1) is 0 Å². The van der Waals surface area contributed by atoms with Crippen LogP contribution in [0.4, 0.5) is 0 Å². The van der Waals surface area contributed by atoms with Gasteiger partial charge in [-0.15, -0.1) is 6.58 Å². The van der Waals surface area contributed by atoms with Crippen molar-refractivity contribution in [3.8, 4) is 0 Å². The van der Waals surface area contributed by atoms with Gasteiger partial charge in [0.1, 0.15) is 0 Å². The summed E-state index contributed by atoms with van der Waals surface area (Å²) in [6, 6.07) is 0.683. The molecule has 204 valence electrons. The Balaban J connectivity index is -0.000000431. The molecule has 0 saturated carbocycles. The van der Waals surface area contributed by atoms with Gasteiger partial charge in [0.15, 0.2) is 0 Å². The van der Waals surface area contributed by atoms with Crippen LogP contribution in [0.3, 0.4) is 0 Å². The zero-order chi connectivity index (χ0) is 26.9. The van der Waals surface area contributed by atoms with Gasteiger partial charge in [-0.2, -0.15) is 0 Å². The van der Waals surface area contributed by atoms with Gasteiger partial charge < -0.3 is 39.8 Å². The summed E-state index contributed by atoms with van der Waals surface area (Å²) in [5.41, 5.74) is 3.25. The minimum Gasteiger partial charge on any atom is -0.374 e. The largest absolute Gasteiger partial charge is 0.528 e. The molecule has 9 nitrogen and oxygen atoms in total. The summed E-state index contributed by atoms with van der Waals surface area (Å²) in [6.07, 6.45) is 1.80. The van der Waals surface area contributed by atoms with Gasteiger partial charge in [0.25, 0.3) is 0 Å². The first-order valence-corrected chi connectivity index (χ1v) is 17.1. The highest BCUT2D eigenvalue weighted by Crippen LogP contribution is 2.16. The van der Waals surface area contributed by atoms with Crippen LogP contribution in [0.5, 0.6) is 0 Å². The van der Waals surface area contributed by atoms with Crippen LogP contribution in [-0.2, 0) is 39.8 Å². The van der Waals surface area contributed by atoms with Gasteiger partial charge in [-0.05, 0) is 52.9 Å². The Labute approximate surface area is 212 Å². The van der Waals surface area contributed by atoms with E-state index in [2.05, 4.69) is 19.7 Å². The molecule has 0 aromatic rings. The molecule has 0 aromatic carbocycles. The summed E-state index contributed by atoms with van der Waals surface area (Å²) in [6.45, 7) is 26.2. The third-order valence-electron chi connectivity index (χ3n) is 3.88. The van der Waals surface area contributed by atoms with E-state index in [0.717, 1.165) is 0 Å². The molecular weight excluding hydrogens is 492 g/mol. The lowest BCUT2D eigenvalue weighted by atomic mass is 10.8. The highest BCUT2D eigenvalue weighted by molar-refractivity contribution is 6.66. The van der Waals surface area contributed by atoms with Crippen LogP contribution in [0, 0.1) is 0 Å². The number of hydrogen-bond acceptors (Lipinski definition) is 9. The summed E-state index contributed by atoms with van der Waals surface area (Å²) in [4.78, 5) is 0. The Hall–Kier alpha value is -0.489. The Morgan fingerprint density at radius 2 is 0.794 bits per heavy atom. The molecule has 0 aliphatic carbocycles. The van der Waals surface area contributed by atoms with Crippen molar-refractivity contribution in [2.24, 2.45) is 0 Å². The maximum Gasteiger partial charge on any atom is 0.528 e. The first kappa shape index (κ1) is 38.0. The van der Waals surface area contributed by atoms with E-state index in [1.54, 1.807) is 38.8 Å². The molecular formula is C22H50O9Si3. The summed E-state index contributed by atoms with van der Waals surface area (Å²) in [5, 5.41) is 0. The van der Waals surface area contributed by atoms with E-state index in [1.807, 2.05) is 41.5 Å². The molecule has 0 bridgehead atoms. The van der Waals surface area contributed by atoms with Crippen molar-refractivity contribution >= 4 is 26.4 Å². The molecule has 0 aliphatic heterocycles. The molecule has 0 unspecified atom stereocenters. The van der Waals surface area contributed by atoms with Crippen molar-refractivity contribution in [2.75, 3.05) is 61.0 Å². The molecule has 0 atom stereocenters. The van der Waals surface area contributed by atoms with Gasteiger partial charge >= 0.3 is 26.4 Å². The van der Waals surface area contributed by atoms with Crippen LogP contribution in [-0.4, -0.2) is 87.4 Å². The van der Waals surface area contributed by atoms with Crippen molar-refractivity contribution in [3.05, 3.63) is 37.2 Å². The predicted molar refractivity (Wildman–Crippen MR) is 143 cm³/mol. The highest BCUT2D eigenvalue weighted by atomic mass is 28.4. The van der Waals surface area contributed by atoms with E-state index in [9.17, 15) is 0 Å². The Kier molecular flexibility index (Phi) is 27.1. The van der Waals surface area contributed by atoms with E-state index < -0.39 is 26.4 Å². The summed E-state index contributed by atoms with van der Waals surface area (Å²) >= 11 is 0. The second kappa shape index (κ2) is 24.2. The molecule has 0 saturated heterocycles. The van der Waals surface area contributed by atoms with E-state index >= 15 is 0 Å². The molecule has 0 aliphatic rings. The third kappa shape index (κ3) is 16.2. The molecule has 12 heteroatoms. The molecule has 34 heavy (non-hydrogen) atoms. The zero-order valence-electron chi connectivity index (χ0n) is 23.0.